The third-order valence-corrected chi connectivity index (χ3v) is 2.76. The van der Waals surface area contributed by atoms with E-state index in [1.54, 1.807) is 24.5 Å². The van der Waals surface area contributed by atoms with Crippen molar-refractivity contribution < 1.29 is 13.5 Å². The Hall–Kier alpha value is -1.81. The van der Waals surface area contributed by atoms with Crippen LogP contribution in [0.4, 0.5) is 4.39 Å². The fourth-order valence-corrected chi connectivity index (χ4v) is 1.98. The Labute approximate surface area is 106 Å². The SMILES string of the molecule is CCNC(c1ccco1)c1c(F)cccc1OC. The van der Waals surface area contributed by atoms with Gasteiger partial charge in [0.15, 0.2) is 0 Å². The fourth-order valence-electron chi connectivity index (χ4n) is 1.98. The molecule has 0 aliphatic carbocycles. The van der Waals surface area contributed by atoms with Crippen molar-refractivity contribution >= 4 is 0 Å². The second kappa shape index (κ2) is 5.69. The number of nitrogens with one attached hydrogen (secondary N) is 1. The lowest BCUT2D eigenvalue weighted by Gasteiger charge is -2.19. The van der Waals surface area contributed by atoms with Gasteiger partial charge >= 0.3 is 0 Å². The van der Waals surface area contributed by atoms with E-state index in [4.69, 9.17) is 9.15 Å². The first-order chi connectivity index (χ1) is 8.77. The van der Waals surface area contributed by atoms with Gasteiger partial charge in [-0.05, 0) is 30.8 Å². The summed E-state index contributed by atoms with van der Waals surface area (Å²) < 4.78 is 24.6. The molecule has 0 saturated heterocycles. The van der Waals surface area contributed by atoms with Crippen molar-refractivity contribution in [2.24, 2.45) is 0 Å². The van der Waals surface area contributed by atoms with E-state index in [0.717, 1.165) is 0 Å². The molecule has 0 aliphatic rings. The molecule has 18 heavy (non-hydrogen) atoms. The summed E-state index contributed by atoms with van der Waals surface area (Å²) in [6.45, 7) is 2.66. The van der Waals surface area contributed by atoms with Gasteiger partial charge in [-0.2, -0.15) is 0 Å². The van der Waals surface area contributed by atoms with Crippen LogP contribution in [-0.2, 0) is 0 Å². The molecule has 1 heterocycles. The average molecular weight is 249 g/mol. The second-order valence-corrected chi connectivity index (χ2v) is 3.86. The van der Waals surface area contributed by atoms with Gasteiger partial charge in [-0.3, -0.25) is 0 Å². The summed E-state index contributed by atoms with van der Waals surface area (Å²) in [5.41, 5.74) is 0.469. The van der Waals surface area contributed by atoms with Crippen molar-refractivity contribution in [3.63, 3.8) is 0 Å². The standard InChI is InChI=1S/C14H16FNO2/c1-3-16-14(12-8-5-9-18-12)13-10(15)6-4-7-11(13)17-2/h4-9,14,16H,3H2,1-2H3. The van der Waals surface area contributed by atoms with E-state index >= 15 is 0 Å². The van der Waals surface area contributed by atoms with E-state index in [1.807, 2.05) is 13.0 Å². The summed E-state index contributed by atoms with van der Waals surface area (Å²) in [4.78, 5) is 0. The quantitative estimate of drug-likeness (QED) is 0.884. The first-order valence-electron chi connectivity index (χ1n) is 5.87. The number of ether oxygens (including phenoxy) is 1. The number of methoxy groups -OCH3 is 1. The summed E-state index contributed by atoms with van der Waals surface area (Å²) in [6.07, 6.45) is 1.58. The number of halogens is 1. The second-order valence-electron chi connectivity index (χ2n) is 3.86. The highest BCUT2D eigenvalue weighted by Crippen LogP contribution is 2.32. The topological polar surface area (TPSA) is 34.4 Å². The Balaban J connectivity index is 2.49. The van der Waals surface area contributed by atoms with Gasteiger partial charge in [0.05, 0.1) is 25.0 Å². The van der Waals surface area contributed by atoms with Gasteiger partial charge in [0, 0.05) is 0 Å². The highest BCUT2D eigenvalue weighted by atomic mass is 19.1. The first-order valence-corrected chi connectivity index (χ1v) is 5.87. The van der Waals surface area contributed by atoms with Crippen LogP contribution in [0.3, 0.4) is 0 Å². The summed E-state index contributed by atoms with van der Waals surface area (Å²) in [6, 6.07) is 8.05. The Morgan fingerprint density at radius 1 is 1.33 bits per heavy atom. The molecule has 0 aliphatic heterocycles. The molecule has 2 rings (SSSR count). The van der Waals surface area contributed by atoms with Crippen LogP contribution >= 0.6 is 0 Å². The summed E-state index contributed by atoms with van der Waals surface area (Å²) in [5, 5.41) is 3.20. The predicted octanol–water partition coefficient (Wildman–Crippen LogP) is 3.13. The molecule has 1 aromatic carbocycles. The maximum Gasteiger partial charge on any atom is 0.132 e. The lowest BCUT2D eigenvalue weighted by molar-refractivity contribution is 0.384. The highest BCUT2D eigenvalue weighted by Gasteiger charge is 2.23. The molecule has 2 aromatic rings. The van der Waals surface area contributed by atoms with Gasteiger partial charge in [-0.1, -0.05) is 13.0 Å². The summed E-state index contributed by atoms with van der Waals surface area (Å²) >= 11 is 0. The molecule has 0 spiro atoms. The van der Waals surface area contributed by atoms with Crippen LogP contribution in [0.25, 0.3) is 0 Å². The number of hydrogen-bond donors (Lipinski definition) is 1. The molecule has 1 N–H and O–H groups in total. The Morgan fingerprint density at radius 3 is 2.78 bits per heavy atom. The maximum atomic E-state index is 14.0. The lowest BCUT2D eigenvalue weighted by Crippen LogP contribution is -2.23. The van der Waals surface area contributed by atoms with Gasteiger partial charge in [0.2, 0.25) is 0 Å². The van der Waals surface area contributed by atoms with Crippen LogP contribution in [0.5, 0.6) is 5.75 Å². The Morgan fingerprint density at radius 2 is 2.17 bits per heavy atom. The lowest BCUT2D eigenvalue weighted by atomic mass is 10.0. The van der Waals surface area contributed by atoms with Crippen LogP contribution in [0.2, 0.25) is 0 Å². The molecule has 1 unspecified atom stereocenters. The summed E-state index contributed by atoms with van der Waals surface area (Å²) in [5.74, 6) is 0.870. The van der Waals surface area contributed by atoms with Crippen LogP contribution in [0.15, 0.2) is 41.0 Å². The van der Waals surface area contributed by atoms with Gasteiger partial charge < -0.3 is 14.5 Å². The van der Waals surface area contributed by atoms with E-state index < -0.39 is 0 Å². The van der Waals surface area contributed by atoms with Crippen LogP contribution in [0, 0.1) is 5.82 Å². The Kier molecular flexibility index (Phi) is 3.99. The van der Waals surface area contributed by atoms with Gasteiger partial charge in [0.1, 0.15) is 17.3 Å². The normalized spacial score (nSPS) is 12.4. The van der Waals surface area contributed by atoms with E-state index in [-0.39, 0.29) is 11.9 Å². The van der Waals surface area contributed by atoms with Crippen LogP contribution < -0.4 is 10.1 Å². The van der Waals surface area contributed by atoms with Crippen molar-refractivity contribution in [3.8, 4) is 5.75 Å². The highest BCUT2D eigenvalue weighted by molar-refractivity contribution is 5.40. The molecule has 0 fully saturated rings. The van der Waals surface area contributed by atoms with E-state index in [9.17, 15) is 4.39 Å². The predicted molar refractivity (Wildman–Crippen MR) is 67.2 cm³/mol. The van der Waals surface area contributed by atoms with Gasteiger partial charge in [0.25, 0.3) is 0 Å². The molecule has 0 bridgehead atoms. The minimum Gasteiger partial charge on any atom is -0.496 e. The third-order valence-electron chi connectivity index (χ3n) is 2.76. The molecule has 1 atom stereocenters. The molecular weight excluding hydrogens is 233 g/mol. The van der Waals surface area contributed by atoms with Crippen LogP contribution in [0.1, 0.15) is 24.3 Å². The molecule has 0 amide bonds. The van der Waals surface area contributed by atoms with Crippen molar-refractivity contribution in [3.05, 3.63) is 53.7 Å². The van der Waals surface area contributed by atoms with Crippen molar-refractivity contribution in [1.82, 2.24) is 5.32 Å². The zero-order valence-electron chi connectivity index (χ0n) is 10.4. The minimum atomic E-state index is -0.346. The monoisotopic (exact) mass is 249 g/mol. The largest absolute Gasteiger partial charge is 0.496 e. The molecule has 1 aromatic heterocycles. The Bertz CT molecular complexity index is 497. The first kappa shape index (κ1) is 12.6. The van der Waals surface area contributed by atoms with Gasteiger partial charge in [-0.25, -0.2) is 4.39 Å². The number of benzene rings is 1. The fraction of sp³-hybridized carbons (Fsp3) is 0.286. The van der Waals surface area contributed by atoms with E-state index in [2.05, 4.69) is 5.32 Å². The number of furan rings is 1. The third kappa shape index (κ3) is 2.38. The number of rotatable bonds is 5. The van der Waals surface area contributed by atoms with Gasteiger partial charge in [-0.15, -0.1) is 0 Å². The molecular formula is C14H16FNO2. The average Bonchev–Trinajstić information content (AvgIpc) is 2.90. The van der Waals surface area contributed by atoms with Crippen molar-refractivity contribution in [1.29, 1.82) is 0 Å². The smallest absolute Gasteiger partial charge is 0.132 e. The molecule has 3 nitrogen and oxygen atoms in total. The number of hydrogen-bond acceptors (Lipinski definition) is 3. The van der Waals surface area contributed by atoms with E-state index in [0.29, 0.717) is 23.6 Å². The molecule has 4 heteroatoms. The molecule has 96 valence electrons. The zero-order chi connectivity index (χ0) is 13.0. The van der Waals surface area contributed by atoms with E-state index in [1.165, 1.54) is 13.2 Å². The van der Waals surface area contributed by atoms with Crippen molar-refractivity contribution in [2.75, 3.05) is 13.7 Å². The van der Waals surface area contributed by atoms with Crippen LogP contribution in [-0.4, -0.2) is 13.7 Å². The zero-order valence-corrected chi connectivity index (χ0v) is 10.4. The molecule has 0 saturated carbocycles. The maximum absolute atomic E-state index is 14.0. The molecule has 0 radical (unpaired) electrons. The summed E-state index contributed by atoms with van der Waals surface area (Å²) in [7, 11) is 1.53. The van der Waals surface area contributed by atoms with Crippen molar-refractivity contribution in [2.45, 2.75) is 13.0 Å². The minimum absolute atomic E-state index is 0.309.